The van der Waals surface area contributed by atoms with E-state index in [1.54, 1.807) is 24.3 Å². The lowest BCUT2D eigenvalue weighted by atomic mass is 9.82. The monoisotopic (exact) mass is 582 g/mol. The summed E-state index contributed by atoms with van der Waals surface area (Å²) in [7, 11) is 0. The average Bonchev–Trinajstić information content (AvgIpc) is 3.41. The summed E-state index contributed by atoms with van der Waals surface area (Å²) in [6.45, 7) is 2.21. The first-order valence-electron chi connectivity index (χ1n) is 12.3. The number of benzene rings is 3. The van der Waals surface area contributed by atoms with Gasteiger partial charge in [0.1, 0.15) is 17.6 Å². The van der Waals surface area contributed by atoms with Crippen LogP contribution in [-0.4, -0.2) is 22.0 Å². The van der Waals surface area contributed by atoms with Gasteiger partial charge in [-0.25, -0.2) is 4.90 Å². The van der Waals surface area contributed by atoms with E-state index in [1.165, 1.54) is 12.1 Å². The molecule has 2 amide bonds. The molecule has 1 saturated heterocycles. The Morgan fingerprint density at radius 3 is 2.48 bits per heavy atom. The summed E-state index contributed by atoms with van der Waals surface area (Å²) in [4.78, 5) is 43.6. The predicted octanol–water partition coefficient (Wildman–Crippen LogP) is 6.14. The lowest BCUT2D eigenvalue weighted by molar-refractivity contribution is -0.137. The molecule has 2 unspecified atom stereocenters. The lowest BCUT2D eigenvalue weighted by Gasteiger charge is -2.30. The van der Waals surface area contributed by atoms with E-state index in [9.17, 15) is 27.6 Å². The van der Waals surface area contributed by atoms with Gasteiger partial charge >= 0.3 is 11.0 Å². The van der Waals surface area contributed by atoms with Gasteiger partial charge in [-0.3, -0.25) is 14.4 Å². The van der Waals surface area contributed by atoms with Crippen LogP contribution in [0.3, 0.4) is 0 Å². The number of imide groups is 1. The molecule has 0 aliphatic carbocycles. The summed E-state index contributed by atoms with van der Waals surface area (Å²) in [5, 5.41) is -0.594. The van der Waals surface area contributed by atoms with E-state index in [-0.39, 0.29) is 11.5 Å². The number of carbonyl (C=O) groups is 2. The molecule has 3 atom stereocenters. The fourth-order valence-corrected chi connectivity index (χ4v) is 7.84. The number of hydrogen-bond donors (Lipinski definition) is 1. The number of hydrogen-bond acceptors (Lipinski definition) is 6. The number of rotatable bonds is 5. The van der Waals surface area contributed by atoms with Crippen LogP contribution in [0.1, 0.15) is 33.0 Å². The Morgan fingerprint density at radius 1 is 0.950 bits per heavy atom. The lowest BCUT2D eigenvalue weighted by Crippen LogP contribution is -2.33. The quantitative estimate of drug-likeness (QED) is 0.286. The number of aryl methyl sites for hydroxylation is 1. The third-order valence-corrected chi connectivity index (χ3v) is 9.41. The molecule has 11 heteroatoms. The maximum atomic E-state index is 14.0. The van der Waals surface area contributed by atoms with Crippen LogP contribution in [-0.2, 0) is 22.4 Å². The smallest absolute Gasteiger partial charge is 0.418 e. The van der Waals surface area contributed by atoms with E-state index in [0.717, 1.165) is 46.4 Å². The average molecular weight is 583 g/mol. The molecule has 0 radical (unpaired) electrons. The summed E-state index contributed by atoms with van der Waals surface area (Å²) in [6.07, 6.45) is -4.77. The molecule has 3 aromatic carbocycles. The second-order valence-electron chi connectivity index (χ2n) is 9.59. The topological polar surface area (TPSA) is 79.5 Å². The summed E-state index contributed by atoms with van der Waals surface area (Å²) in [5.41, 5.74) is 1.01. The van der Waals surface area contributed by atoms with Crippen LogP contribution in [0.25, 0.3) is 0 Å². The van der Waals surface area contributed by atoms with E-state index in [0.29, 0.717) is 26.1 Å². The number of aromatic nitrogens is 1. The third-order valence-electron chi connectivity index (χ3n) is 7.01. The van der Waals surface area contributed by atoms with Gasteiger partial charge in [-0.15, -0.1) is 0 Å². The highest BCUT2D eigenvalue weighted by molar-refractivity contribution is 8.00. The van der Waals surface area contributed by atoms with E-state index < -0.39 is 46.3 Å². The minimum absolute atomic E-state index is 0.239. The minimum atomic E-state index is -4.77. The van der Waals surface area contributed by atoms with Crippen molar-refractivity contribution in [1.82, 2.24) is 4.98 Å². The number of para-hydroxylation sites is 2. The largest absolute Gasteiger partial charge is 0.489 e. The molecule has 3 heterocycles. The SMILES string of the molecule is Cc1cccc(COc2ccccc2[C@H]2c3sc(=O)[nH]c3SC3C(=O)N(c4ccccc4C(F)(F)F)C(=O)C32)c1. The van der Waals surface area contributed by atoms with Gasteiger partial charge in [0.2, 0.25) is 11.8 Å². The number of thiazole rings is 1. The number of aromatic amines is 1. The Labute approximate surface area is 234 Å². The number of anilines is 1. The maximum Gasteiger partial charge on any atom is 0.418 e. The number of halogens is 3. The molecule has 0 saturated carbocycles. The first-order chi connectivity index (χ1) is 19.1. The van der Waals surface area contributed by atoms with Crippen molar-refractivity contribution in [3.63, 3.8) is 0 Å². The molecule has 204 valence electrons. The van der Waals surface area contributed by atoms with Gasteiger partial charge in [-0.2, -0.15) is 13.2 Å². The van der Waals surface area contributed by atoms with Crippen LogP contribution in [0.5, 0.6) is 5.75 Å². The fourth-order valence-electron chi connectivity index (χ4n) is 5.33. The van der Waals surface area contributed by atoms with Crippen molar-refractivity contribution >= 4 is 40.6 Å². The Bertz CT molecular complexity index is 1700. The maximum absolute atomic E-state index is 14.0. The van der Waals surface area contributed by atoms with Gasteiger partial charge in [0.15, 0.2) is 0 Å². The van der Waals surface area contributed by atoms with E-state index in [1.807, 2.05) is 31.2 Å². The number of nitrogens with one attached hydrogen (secondary N) is 1. The molecule has 1 fully saturated rings. The van der Waals surface area contributed by atoms with Crippen molar-refractivity contribution in [2.24, 2.45) is 5.92 Å². The molecule has 40 heavy (non-hydrogen) atoms. The molecule has 6 rings (SSSR count). The normalized spacial score (nSPS) is 20.4. The number of carbonyl (C=O) groups excluding carboxylic acids is 2. The Balaban J connectivity index is 1.44. The first-order valence-corrected chi connectivity index (χ1v) is 14.0. The van der Waals surface area contributed by atoms with Gasteiger partial charge in [0.25, 0.3) is 0 Å². The number of amides is 2. The number of alkyl halides is 3. The zero-order valence-electron chi connectivity index (χ0n) is 20.9. The van der Waals surface area contributed by atoms with E-state index in [2.05, 4.69) is 4.98 Å². The minimum Gasteiger partial charge on any atom is -0.489 e. The molecule has 4 aromatic rings. The van der Waals surface area contributed by atoms with Gasteiger partial charge < -0.3 is 9.72 Å². The molecule has 6 nitrogen and oxygen atoms in total. The summed E-state index contributed by atoms with van der Waals surface area (Å²) in [5.74, 6) is -2.86. The van der Waals surface area contributed by atoms with Crippen molar-refractivity contribution in [3.05, 3.63) is 110 Å². The van der Waals surface area contributed by atoms with E-state index in [4.69, 9.17) is 4.74 Å². The summed E-state index contributed by atoms with van der Waals surface area (Å²) < 4.78 is 47.8. The second-order valence-corrected chi connectivity index (χ2v) is 11.8. The van der Waals surface area contributed by atoms with Gasteiger partial charge in [0, 0.05) is 16.4 Å². The van der Waals surface area contributed by atoms with Crippen molar-refractivity contribution in [2.75, 3.05) is 4.90 Å². The molecule has 1 N–H and O–H groups in total. The zero-order chi connectivity index (χ0) is 28.2. The van der Waals surface area contributed by atoms with Crippen LogP contribution < -0.4 is 14.5 Å². The van der Waals surface area contributed by atoms with Crippen molar-refractivity contribution in [2.45, 2.75) is 35.9 Å². The van der Waals surface area contributed by atoms with Crippen LogP contribution >= 0.6 is 23.1 Å². The highest BCUT2D eigenvalue weighted by atomic mass is 32.2. The van der Waals surface area contributed by atoms with Crippen LogP contribution in [0.2, 0.25) is 0 Å². The highest BCUT2D eigenvalue weighted by Gasteiger charge is 2.57. The Kier molecular flexibility index (Phi) is 6.58. The highest BCUT2D eigenvalue weighted by Crippen LogP contribution is 2.55. The van der Waals surface area contributed by atoms with Gasteiger partial charge in [-0.1, -0.05) is 83.3 Å². The standard InChI is InChI=1S/C29H21F3N2O4S2/c1-15-7-6-8-16(13-15)14-38-20-12-5-2-9-17(20)21-22-24(39-25-23(21)40-28(37)33-25)27(36)34(26(22)35)19-11-4-3-10-18(19)29(30,31)32/h2-13,21-22,24H,14H2,1H3,(H,33,37)/t21-,22?,24?/m1/s1. The van der Waals surface area contributed by atoms with Gasteiger partial charge in [-0.05, 0) is 30.7 Å². The molecule has 0 spiro atoms. The van der Waals surface area contributed by atoms with Crippen molar-refractivity contribution < 1.29 is 27.5 Å². The van der Waals surface area contributed by atoms with Crippen molar-refractivity contribution in [3.8, 4) is 5.75 Å². The zero-order valence-corrected chi connectivity index (χ0v) is 22.5. The Hall–Kier alpha value is -3.83. The molecule has 1 aromatic heterocycles. The van der Waals surface area contributed by atoms with Crippen LogP contribution in [0.4, 0.5) is 18.9 Å². The fraction of sp³-hybridized carbons (Fsp3) is 0.207. The van der Waals surface area contributed by atoms with Gasteiger partial charge in [0.05, 0.1) is 22.2 Å². The predicted molar refractivity (Wildman–Crippen MR) is 146 cm³/mol. The number of ether oxygens (including phenoxy) is 1. The number of thioether (sulfide) groups is 1. The number of fused-ring (bicyclic) bond motifs is 2. The van der Waals surface area contributed by atoms with E-state index >= 15 is 0 Å². The molecule has 0 bridgehead atoms. The van der Waals surface area contributed by atoms with Crippen LogP contribution in [0.15, 0.2) is 82.6 Å². The third kappa shape index (κ3) is 4.52. The second kappa shape index (κ2) is 9.97. The summed E-state index contributed by atoms with van der Waals surface area (Å²) in [6, 6.07) is 19.4. The van der Waals surface area contributed by atoms with Crippen LogP contribution in [0, 0.1) is 12.8 Å². The Morgan fingerprint density at radius 2 is 1.70 bits per heavy atom. The number of nitrogens with zero attached hydrogens (tertiary/aromatic N) is 1. The first kappa shape index (κ1) is 26.4. The molecule has 2 aliphatic heterocycles. The van der Waals surface area contributed by atoms with Crippen molar-refractivity contribution in [1.29, 1.82) is 0 Å². The molecular weight excluding hydrogens is 561 g/mol. The molecular formula is C29H21F3N2O4S2. The molecule has 2 aliphatic rings. The number of H-pyrrole nitrogens is 1. The summed E-state index contributed by atoms with van der Waals surface area (Å²) >= 11 is 1.93.